The predicted molar refractivity (Wildman–Crippen MR) is 135 cm³/mol. The summed E-state index contributed by atoms with van der Waals surface area (Å²) in [4.78, 5) is 17.6. The Morgan fingerprint density at radius 3 is 2.32 bits per heavy atom. The van der Waals surface area contributed by atoms with Gasteiger partial charge in [-0.05, 0) is 36.4 Å². The van der Waals surface area contributed by atoms with Crippen molar-refractivity contribution in [2.75, 3.05) is 45.0 Å². The van der Waals surface area contributed by atoms with Gasteiger partial charge in [0.05, 0.1) is 25.6 Å². The molecule has 0 aliphatic carbocycles. The lowest BCUT2D eigenvalue weighted by molar-refractivity contribution is 0.102. The van der Waals surface area contributed by atoms with Gasteiger partial charge in [-0.25, -0.2) is 13.4 Å². The molecular weight excluding hydrogens is 476 g/mol. The molecule has 0 saturated carbocycles. The van der Waals surface area contributed by atoms with E-state index in [2.05, 4.69) is 15.6 Å². The summed E-state index contributed by atoms with van der Waals surface area (Å²) in [5.41, 5.74) is 2.16. The molecule has 0 aliphatic rings. The highest BCUT2D eigenvalue weighted by Crippen LogP contribution is 2.33. The molecule has 0 atom stereocenters. The van der Waals surface area contributed by atoms with Crippen LogP contribution in [0.2, 0.25) is 0 Å². The molecule has 11 heteroatoms. The molecular formula is C23H28N4O5S2. The number of methoxy groups -OCH3 is 2. The van der Waals surface area contributed by atoms with E-state index in [1.54, 1.807) is 33.0 Å². The Morgan fingerprint density at radius 1 is 1.06 bits per heavy atom. The highest BCUT2D eigenvalue weighted by molar-refractivity contribution is 7.89. The quantitative estimate of drug-likeness (QED) is 0.427. The van der Waals surface area contributed by atoms with Gasteiger partial charge in [-0.15, -0.1) is 11.3 Å². The molecule has 0 spiro atoms. The van der Waals surface area contributed by atoms with E-state index in [0.29, 0.717) is 24.5 Å². The topological polar surface area (TPSA) is 110 Å². The minimum atomic E-state index is -3.84. The molecule has 1 amide bonds. The molecule has 0 bridgehead atoms. The summed E-state index contributed by atoms with van der Waals surface area (Å²) in [6.07, 6.45) is 0. The molecule has 2 aromatic carbocycles. The van der Waals surface area contributed by atoms with Crippen molar-refractivity contribution in [3.05, 3.63) is 47.3 Å². The van der Waals surface area contributed by atoms with Crippen LogP contribution in [0.15, 0.2) is 46.7 Å². The second kappa shape index (κ2) is 10.9. The number of ether oxygens (including phenoxy) is 2. The second-order valence-electron chi connectivity index (χ2n) is 7.11. The maximum Gasteiger partial charge on any atom is 0.255 e. The minimum Gasteiger partial charge on any atom is -0.495 e. The first kappa shape index (κ1) is 25.5. The number of sulfonamides is 1. The van der Waals surface area contributed by atoms with Crippen LogP contribution in [0.5, 0.6) is 11.5 Å². The van der Waals surface area contributed by atoms with E-state index in [0.717, 1.165) is 16.4 Å². The number of nitrogens with zero attached hydrogens (tertiary/aromatic N) is 2. The maximum absolute atomic E-state index is 13.1. The zero-order valence-electron chi connectivity index (χ0n) is 19.7. The first-order valence-corrected chi connectivity index (χ1v) is 12.9. The fourth-order valence-corrected chi connectivity index (χ4v) is 5.72. The molecule has 0 radical (unpaired) electrons. The van der Waals surface area contributed by atoms with E-state index in [4.69, 9.17) is 9.47 Å². The van der Waals surface area contributed by atoms with E-state index < -0.39 is 15.9 Å². The second-order valence-corrected chi connectivity index (χ2v) is 9.88. The molecule has 2 N–H and O–H groups in total. The van der Waals surface area contributed by atoms with Crippen LogP contribution in [0.3, 0.4) is 0 Å². The van der Waals surface area contributed by atoms with Gasteiger partial charge in [-0.1, -0.05) is 13.8 Å². The Labute approximate surface area is 203 Å². The smallest absolute Gasteiger partial charge is 0.255 e. The number of hydrogen-bond donors (Lipinski definition) is 2. The standard InChI is InChI=1S/C23H28N4O5S2/c1-6-27(7-2)34(29,30)21-13-16(9-11-20(21)32-5)22(28)25-17-12-15(8-10-19(17)31-4)18-14-33-23(24-3)26-18/h8-14H,6-7H2,1-5H3,(H,24,26)(H,25,28). The van der Waals surface area contributed by atoms with E-state index >= 15 is 0 Å². The van der Waals surface area contributed by atoms with Gasteiger partial charge in [0.2, 0.25) is 10.0 Å². The molecule has 9 nitrogen and oxygen atoms in total. The van der Waals surface area contributed by atoms with Crippen LogP contribution < -0.4 is 20.1 Å². The summed E-state index contributed by atoms with van der Waals surface area (Å²) in [6, 6.07) is 9.69. The molecule has 3 aromatic rings. The van der Waals surface area contributed by atoms with Crippen molar-refractivity contribution in [2.45, 2.75) is 18.7 Å². The number of rotatable bonds is 10. The lowest BCUT2D eigenvalue weighted by atomic mass is 10.1. The van der Waals surface area contributed by atoms with Gasteiger partial charge in [0, 0.05) is 36.6 Å². The molecule has 1 aromatic heterocycles. The summed E-state index contributed by atoms with van der Waals surface area (Å²) in [5.74, 6) is 0.154. The molecule has 0 saturated heterocycles. The lowest BCUT2D eigenvalue weighted by Crippen LogP contribution is -2.31. The molecule has 182 valence electrons. The van der Waals surface area contributed by atoms with Gasteiger partial charge < -0.3 is 20.1 Å². The van der Waals surface area contributed by atoms with Gasteiger partial charge in [0.1, 0.15) is 16.4 Å². The highest BCUT2D eigenvalue weighted by Gasteiger charge is 2.27. The van der Waals surface area contributed by atoms with Crippen molar-refractivity contribution < 1.29 is 22.7 Å². The normalized spacial score (nSPS) is 11.4. The highest BCUT2D eigenvalue weighted by atomic mass is 32.2. The summed E-state index contributed by atoms with van der Waals surface area (Å²) >= 11 is 1.47. The van der Waals surface area contributed by atoms with Crippen LogP contribution in [0.4, 0.5) is 10.8 Å². The molecule has 0 fully saturated rings. The first-order valence-electron chi connectivity index (χ1n) is 10.6. The number of aromatic nitrogens is 1. The zero-order valence-corrected chi connectivity index (χ0v) is 21.3. The summed E-state index contributed by atoms with van der Waals surface area (Å²) < 4.78 is 38.2. The summed E-state index contributed by atoms with van der Waals surface area (Å²) in [5, 5.41) is 8.51. The van der Waals surface area contributed by atoms with Crippen molar-refractivity contribution in [3.63, 3.8) is 0 Å². The molecule has 1 heterocycles. The van der Waals surface area contributed by atoms with Crippen LogP contribution in [-0.2, 0) is 10.0 Å². The van der Waals surface area contributed by atoms with E-state index in [-0.39, 0.29) is 16.2 Å². The fraction of sp³-hybridized carbons (Fsp3) is 0.304. The van der Waals surface area contributed by atoms with Crippen LogP contribution in [-0.4, -0.2) is 58.0 Å². The average molecular weight is 505 g/mol. The molecule has 34 heavy (non-hydrogen) atoms. The molecule has 0 aliphatic heterocycles. The number of nitrogens with one attached hydrogen (secondary N) is 2. The largest absolute Gasteiger partial charge is 0.495 e. The minimum absolute atomic E-state index is 0.0610. The Bertz CT molecular complexity index is 1270. The van der Waals surface area contributed by atoms with Crippen LogP contribution in [0, 0.1) is 0 Å². The van der Waals surface area contributed by atoms with Gasteiger partial charge in [-0.2, -0.15) is 4.31 Å². The molecule has 0 unspecified atom stereocenters. The Hall–Kier alpha value is -3.15. The van der Waals surface area contributed by atoms with Crippen molar-refractivity contribution in [3.8, 4) is 22.8 Å². The monoisotopic (exact) mass is 504 g/mol. The van der Waals surface area contributed by atoms with E-state index in [1.807, 2.05) is 11.4 Å². The average Bonchev–Trinajstić information content (AvgIpc) is 3.33. The number of hydrogen-bond acceptors (Lipinski definition) is 8. The Morgan fingerprint density at radius 2 is 1.74 bits per heavy atom. The number of amides is 1. The number of thiazole rings is 1. The van der Waals surface area contributed by atoms with Crippen molar-refractivity contribution in [1.82, 2.24) is 9.29 Å². The van der Waals surface area contributed by atoms with Gasteiger partial charge in [0.25, 0.3) is 5.91 Å². The summed E-state index contributed by atoms with van der Waals surface area (Å²) in [6.45, 7) is 4.11. The van der Waals surface area contributed by atoms with Crippen LogP contribution in [0.25, 0.3) is 11.3 Å². The lowest BCUT2D eigenvalue weighted by Gasteiger charge is -2.20. The van der Waals surface area contributed by atoms with Gasteiger partial charge in [0.15, 0.2) is 5.13 Å². The number of benzene rings is 2. The van der Waals surface area contributed by atoms with Crippen molar-refractivity contribution in [2.24, 2.45) is 0 Å². The molecule has 3 rings (SSSR count). The third-order valence-electron chi connectivity index (χ3n) is 5.21. The van der Waals surface area contributed by atoms with Crippen molar-refractivity contribution >= 4 is 38.1 Å². The third-order valence-corrected chi connectivity index (χ3v) is 8.14. The Balaban J connectivity index is 1.97. The van der Waals surface area contributed by atoms with E-state index in [9.17, 15) is 13.2 Å². The fourth-order valence-electron chi connectivity index (χ4n) is 3.40. The maximum atomic E-state index is 13.1. The number of carbonyl (C=O) groups excluding carboxylic acids is 1. The third kappa shape index (κ3) is 5.16. The van der Waals surface area contributed by atoms with Crippen LogP contribution >= 0.6 is 11.3 Å². The zero-order chi connectivity index (χ0) is 24.9. The van der Waals surface area contributed by atoms with E-state index in [1.165, 1.54) is 48.1 Å². The SMILES string of the molecule is CCN(CC)S(=O)(=O)c1cc(C(=O)Nc2cc(-c3csc(NC)n3)ccc2OC)ccc1OC. The number of anilines is 2. The predicted octanol–water partition coefficient (Wildman–Crippen LogP) is 4.15. The van der Waals surface area contributed by atoms with Crippen molar-refractivity contribution in [1.29, 1.82) is 0 Å². The summed E-state index contributed by atoms with van der Waals surface area (Å²) in [7, 11) is 0.862. The van der Waals surface area contributed by atoms with Gasteiger partial charge >= 0.3 is 0 Å². The Kier molecular flexibility index (Phi) is 8.13. The number of carbonyl (C=O) groups is 1. The first-order chi connectivity index (χ1) is 16.3. The van der Waals surface area contributed by atoms with Crippen LogP contribution in [0.1, 0.15) is 24.2 Å². The van der Waals surface area contributed by atoms with Gasteiger partial charge in [-0.3, -0.25) is 4.79 Å².